The van der Waals surface area contributed by atoms with Gasteiger partial charge in [0.05, 0.1) is 28.1 Å². The van der Waals surface area contributed by atoms with E-state index >= 15 is 0 Å². The van der Waals surface area contributed by atoms with Crippen LogP contribution in [0.15, 0.2) is 91.9 Å². The number of rotatable bonds is 10. The van der Waals surface area contributed by atoms with Gasteiger partial charge in [-0.25, -0.2) is 9.98 Å². The number of piperidine rings is 1. The molecule has 2 aromatic rings. The van der Waals surface area contributed by atoms with Gasteiger partial charge in [0.15, 0.2) is 0 Å². The van der Waals surface area contributed by atoms with Gasteiger partial charge in [0.2, 0.25) is 5.13 Å². The van der Waals surface area contributed by atoms with E-state index < -0.39 is 0 Å². The molecule has 2 bridgehead atoms. The zero-order valence-electron chi connectivity index (χ0n) is 33.5. The maximum Gasteiger partial charge on any atom is 0.302 e. The Morgan fingerprint density at radius 1 is 1.12 bits per heavy atom. The van der Waals surface area contributed by atoms with Crippen LogP contribution in [0.3, 0.4) is 0 Å². The van der Waals surface area contributed by atoms with Crippen molar-refractivity contribution in [3.8, 4) is 0 Å². The Labute approximate surface area is 333 Å². The molecule has 1 saturated heterocycles. The number of thiazole rings is 1. The van der Waals surface area contributed by atoms with Crippen LogP contribution in [0, 0.1) is 27.1 Å². The second-order valence-corrected chi connectivity index (χ2v) is 19.3. The molecule has 4 aliphatic carbocycles. The van der Waals surface area contributed by atoms with Gasteiger partial charge in [0.25, 0.3) is 0 Å². The van der Waals surface area contributed by atoms with Crippen molar-refractivity contribution in [1.82, 2.24) is 20.1 Å². The fourth-order valence-electron chi connectivity index (χ4n) is 12.7. The van der Waals surface area contributed by atoms with Gasteiger partial charge in [0, 0.05) is 47.5 Å². The predicted octanol–water partition coefficient (Wildman–Crippen LogP) is 6.78. The third-order valence-corrected chi connectivity index (χ3v) is 15.3. The van der Waals surface area contributed by atoms with Crippen molar-refractivity contribution < 1.29 is 14.6 Å². The smallest absolute Gasteiger partial charge is 0.302 e. The molecular weight excluding hydrogens is 723 g/mol. The van der Waals surface area contributed by atoms with Gasteiger partial charge in [-0.2, -0.15) is 0 Å². The fraction of sp³-hybridized carbons (Fsp3) is 0.535. The van der Waals surface area contributed by atoms with Gasteiger partial charge < -0.3 is 41.2 Å². The second kappa shape index (κ2) is 12.8. The SMILES string of the molecule is CC(=NCC12CC34C(OCCN(C)C)(C[C@]3(C)C1)C[C@@]4(C)C2)C1=C(N)COC(O)=C2NC(N3CCCC(=C(C)C(N)=Nc4nc5ccccc5s4)C3=N)=CC=C21. The lowest BCUT2D eigenvalue weighted by molar-refractivity contribution is -0.396. The molecule has 12 nitrogen and oxygen atoms in total. The summed E-state index contributed by atoms with van der Waals surface area (Å²) in [6, 6.07) is 7.92. The maximum absolute atomic E-state index is 11.2. The topological polar surface area (TPSA) is 171 Å². The molecule has 3 aliphatic heterocycles. The van der Waals surface area contributed by atoms with E-state index in [0.29, 0.717) is 47.0 Å². The summed E-state index contributed by atoms with van der Waals surface area (Å²) in [5.74, 6) is 1.10. The van der Waals surface area contributed by atoms with E-state index in [1.54, 1.807) is 0 Å². The molecule has 13 heteroatoms. The molecular formula is C43H55N9O3S. The molecule has 1 aromatic carbocycles. The maximum atomic E-state index is 11.2. The Balaban J connectivity index is 0.954. The second-order valence-electron chi connectivity index (χ2n) is 18.3. The minimum Gasteiger partial charge on any atom is -0.479 e. The van der Waals surface area contributed by atoms with Crippen molar-refractivity contribution in [3.05, 3.63) is 81.9 Å². The van der Waals surface area contributed by atoms with Crippen LogP contribution in [0.25, 0.3) is 10.2 Å². The number of dihydropyridines is 1. The summed E-state index contributed by atoms with van der Waals surface area (Å²) < 4.78 is 13.6. The number of amidine groups is 2. The first-order valence-corrected chi connectivity index (χ1v) is 20.8. The summed E-state index contributed by atoms with van der Waals surface area (Å²) in [6.45, 7) is 12.1. The van der Waals surface area contributed by atoms with E-state index in [4.69, 9.17) is 25.9 Å². The highest BCUT2D eigenvalue weighted by atomic mass is 32.1. The van der Waals surface area contributed by atoms with Crippen LogP contribution in [0.5, 0.6) is 0 Å². The minimum absolute atomic E-state index is 0.0201. The van der Waals surface area contributed by atoms with Crippen LogP contribution in [0.4, 0.5) is 5.13 Å². The molecule has 7 N–H and O–H groups in total. The van der Waals surface area contributed by atoms with E-state index in [0.717, 1.165) is 77.2 Å². The minimum atomic E-state index is -0.237. The van der Waals surface area contributed by atoms with Crippen molar-refractivity contribution in [2.45, 2.75) is 78.2 Å². The van der Waals surface area contributed by atoms with Gasteiger partial charge in [-0.15, -0.1) is 0 Å². The molecule has 3 unspecified atom stereocenters. The van der Waals surface area contributed by atoms with Crippen LogP contribution in [-0.2, 0) is 9.47 Å². The number of aromatic nitrogens is 1. The Morgan fingerprint density at radius 3 is 2.61 bits per heavy atom. The van der Waals surface area contributed by atoms with Crippen LogP contribution >= 0.6 is 11.3 Å². The summed E-state index contributed by atoms with van der Waals surface area (Å²) in [7, 11) is 4.22. The number of likely N-dealkylation sites (tertiary alicyclic amines) is 1. The van der Waals surface area contributed by atoms with E-state index in [1.807, 2.05) is 55.2 Å². The molecule has 5 fully saturated rings. The summed E-state index contributed by atoms with van der Waals surface area (Å²) in [6.07, 6.45) is 11.3. The van der Waals surface area contributed by atoms with Gasteiger partial charge in [-0.05, 0) is 119 Å². The van der Waals surface area contributed by atoms with Crippen LogP contribution in [0.1, 0.15) is 72.6 Å². The number of nitrogens with two attached hydrogens (primary N) is 2. The van der Waals surface area contributed by atoms with E-state index in [-0.39, 0.29) is 39.8 Å². The zero-order valence-corrected chi connectivity index (χ0v) is 34.3. The molecule has 4 saturated carbocycles. The summed E-state index contributed by atoms with van der Waals surface area (Å²) in [5, 5.41) is 24.5. The van der Waals surface area contributed by atoms with Crippen LogP contribution in [-0.4, -0.2) is 89.8 Å². The number of likely N-dealkylation sites (N-methyl/N-ethyl adjacent to an activating group) is 1. The molecule has 9 rings (SSSR count). The van der Waals surface area contributed by atoms with Gasteiger partial charge in [0.1, 0.15) is 29.8 Å². The standard InChI is InChI=1S/C43H55N9O3S/c1-25(35(45)50-38-48-30-11-7-8-12-31(30)56-38)27-10-9-15-52(36(27)46)32-14-13-28-33(29(44)18-54-37(53)34(28)49-32)26(2)47-24-41-19-39(3)21-42(55-17-16-51(5)6)22-40(4,20-41)43(39,42)23-41/h7-8,11-14,46,49,53H,9-10,15-24,44H2,1-6H3,(H2,45,48,50)/t39-,40+,41?,42?,43?. The normalized spacial score (nSPS) is 34.7. The number of aliphatic hydroxyl groups is 1. The molecule has 1 spiro atoms. The number of nitrogens with one attached hydrogen (secondary N) is 2. The lowest BCUT2D eigenvalue weighted by Crippen LogP contribution is -2.82. The molecule has 4 heterocycles. The highest BCUT2D eigenvalue weighted by Gasteiger charge is 2.93. The average molecular weight is 778 g/mol. The molecule has 56 heavy (non-hydrogen) atoms. The number of nitrogens with zero attached hydrogens (tertiary/aromatic N) is 5. The number of benzene rings is 1. The van der Waals surface area contributed by atoms with E-state index in [2.05, 4.69) is 48.1 Å². The fourth-order valence-corrected chi connectivity index (χ4v) is 13.6. The van der Waals surface area contributed by atoms with E-state index in [1.165, 1.54) is 30.6 Å². The number of hydrogen-bond donors (Lipinski definition) is 5. The number of hydrogen-bond acceptors (Lipinski definition) is 11. The van der Waals surface area contributed by atoms with Gasteiger partial charge in [-0.1, -0.05) is 37.3 Å². The molecule has 7 aliphatic rings. The largest absolute Gasteiger partial charge is 0.479 e. The van der Waals surface area contributed by atoms with Crippen molar-refractivity contribution in [2.75, 3.05) is 46.9 Å². The number of allylic oxidation sites excluding steroid dienone is 3. The predicted molar refractivity (Wildman–Crippen MR) is 223 cm³/mol. The molecule has 5 atom stereocenters. The van der Waals surface area contributed by atoms with Crippen molar-refractivity contribution in [2.24, 2.45) is 43.1 Å². The Kier molecular flexibility index (Phi) is 8.47. The number of aliphatic hydroxyl groups excluding tert-OH is 1. The van der Waals surface area contributed by atoms with E-state index in [9.17, 15) is 10.5 Å². The highest BCUT2D eigenvalue weighted by Crippen LogP contribution is 2.95. The Bertz CT molecular complexity index is 2220. The number of fused-ring (bicyclic) bond motifs is 3. The highest BCUT2D eigenvalue weighted by molar-refractivity contribution is 7.22. The average Bonchev–Trinajstić information content (AvgIpc) is 3.72. The summed E-state index contributed by atoms with van der Waals surface area (Å²) in [5.41, 5.74) is 20.0. The van der Waals surface area contributed by atoms with Crippen LogP contribution < -0.4 is 16.8 Å². The number of para-hydroxylation sites is 1. The van der Waals surface area contributed by atoms with Crippen LogP contribution in [0.2, 0.25) is 0 Å². The summed E-state index contributed by atoms with van der Waals surface area (Å²) >= 11 is 1.49. The monoisotopic (exact) mass is 777 g/mol. The first-order valence-electron chi connectivity index (χ1n) is 19.9. The quantitative estimate of drug-likeness (QED) is 0.129. The van der Waals surface area contributed by atoms with Gasteiger partial charge >= 0.3 is 5.95 Å². The first kappa shape index (κ1) is 37.1. The summed E-state index contributed by atoms with van der Waals surface area (Å²) in [4.78, 5) is 18.7. The third-order valence-electron chi connectivity index (χ3n) is 14.4. The van der Waals surface area contributed by atoms with Crippen molar-refractivity contribution in [3.63, 3.8) is 0 Å². The lowest BCUT2D eigenvalue weighted by Gasteiger charge is -2.82. The lowest BCUT2D eigenvalue weighted by atomic mass is 9.25. The molecule has 0 radical (unpaired) electrons. The van der Waals surface area contributed by atoms with Crippen molar-refractivity contribution >= 4 is 44.1 Å². The molecule has 0 amide bonds. The number of ether oxygens (including phenoxy) is 2. The Morgan fingerprint density at radius 2 is 1.88 bits per heavy atom. The number of aliphatic imine (C=N–C) groups is 2. The van der Waals surface area contributed by atoms with Crippen molar-refractivity contribution in [1.29, 1.82) is 5.41 Å². The molecule has 1 aromatic heterocycles. The first-order chi connectivity index (χ1) is 26.6. The zero-order chi connectivity index (χ0) is 39.4. The third kappa shape index (κ3) is 5.29. The van der Waals surface area contributed by atoms with Gasteiger partial charge in [-0.3, -0.25) is 10.4 Å². The Hall–Kier alpha value is -4.46. The molecule has 296 valence electrons.